The lowest BCUT2D eigenvalue weighted by molar-refractivity contribution is 0.357. The van der Waals surface area contributed by atoms with Crippen molar-refractivity contribution in [3.63, 3.8) is 0 Å². The molecule has 1 saturated carbocycles. The van der Waals surface area contributed by atoms with Crippen molar-refractivity contribution >= 4 is 0 Å². The third kappa shape index (κ3) is 3.99. The lowest BCUT2D eigenvalue weighted by atomic mass is 9.84. The Kier molecular flexibility index (Phi) is 4.92. The summed E-state index contributed by atoms with van der Waals surface area (Å²) in [4.78, 5) is 4.67. The molecule has 1 aromatic heterocycles. The molecule has 0 N–H and O–H groups in total. The van der Waals surface area contributed by atoms with E-state index in [1.165, 1.54) is 60.8 Å². The van der Waals surface area contributed by atoms with Gasteiger partial charge in [0.2, 0.25) is 0 Å². The van der Waals surface area contributed by atoms with Gasteiger partial charge in [0.05, 0.1) is 5.69 Å². The van der Waals surface area contributed by atoms with E-state index < -0.39 is 0 Å². The fourth-order valence-corrected chi connectivity index (χ4v) is 3.95. The fraction of sp³-hybridized carbons (Fsp3) is 0.292. The molecule has 25 heavy (non-hydrogen) atoms. The second-order valence-corrected chi connectivity index (χ2v) is 7.21. The third-order valence-electron chi connectivity index (χ3n) is 5.34. The zero-order valence-corrected chi connectivity index (χ0v) is 14.7. The first-order valence-corrected chi connectivity index (χ1v) is 9.49. The van der Waals surface area contributed by atoms with Gasteiger partial charge >= 0.3 is 0 Å². The predicted octanol–water partition coefficient (Wildman–Crippen LogP) is 6.54. The molecule has 1 aliphatic carbocycles. The summed E-state index contributed by atoms with van der Waals surface area (Å²) in [6, 6.07) is 23.7. The number of benzene rings is 2. The molecular formula is C24H25N. The van der Waals surface area contributed by atoms with Crippen molar-refractivity contribution in [2.45, 2.75) is 38.5 Å². The molecular weight excluding hydrogens is 302 g/mol. The normalized spacial score (nSPS) is 15.2. The van der Waals surface area contributed by atoms with Crippen LogP contribution in [0, 0.1) is 5.92 Å². The SMILES string of the molecule is c1ccc(-c2ccc(-c3cccc(CC4CCCCC4)c3)cn2)cc1. The van der Waals surface area contributed by atoms with Gasteiger partial charge in [0, 0.05) is 17.3 Å². The highest BCUT2D eigenvalue weighted by Gasteiger charge is 2.14. The van der Waals surface area contributed by atoms with E-state index in [2.05, 4.69) is 65.6 Å². The predicted molar refractivity (Wildman–Crippen MR) is 105 cm³/mol. The molecule has 1 aliphatic rings. The largest absolute Gasteiger partial charge is 0.256 e. The van der Waals surface area contributed by atoms with E-state index in [4.69, 9.17) is 0 Å². The van der Waals surface area contributed by atoms with E-state index in [-0.39, 0.29) is 0 Å². The molecule has 1 heterocycles. The first-order chi connectivity index (χ1) is 12.4. The maximum atomic E-state index is 4.67. The van der Waals surface area contributed by atoms with Crippen LogP contribution >= 0.6 is 0 Å². The van der Waals surface area contributed by atoms with Crippen LogP contribution in [0.15, 0.2) is 72.9 Å². The van der Waals surface area contributed by atoms with Crippen LogP contribution in [0.3, 0.4) is 0 Å². The van der Waals surface area contributed by atoms with Gasteiger partial charge in [0.1, 0.15) is 0 Å². The van der Waals surface area contributed by atoms with E-state index in [9.17, 15) is 0 Å². The minimum Gasteiger partial charge on any atom is -0.256 e. The van der Waals surface area contributed by atoms with E-state index in [1.54, 1.807) is 0 Å². The Bertz CT molecular complexity index is 799. The van der Waals surface area contributed by atoms with Crippen LogP contribution in [-0.4, -0.2) is 4.98 Å². The number of nitrogens with zero attached hydrogens (tertiary/aromatic N) is 1. The smallest absolute Gasteiger partial charge is 0.0702 e. The maximum absolute atomic E-state index is 4.67. The molecule has 1 fully saturated rings. The Hall–Kier alpha value is -2.41. The molecule has 0 bridgehead atoms. The fourth-order valence-electron chi connectivity index (χ4n) is 3.95. The molecule has 1 heteroatoms. The molecule has 0 aliphatic heterocycles. The Balaban J connectivity index is 1.52. The molecule has 126 valence electrons. The van der Waals surface area contributed by atoms with Crippen LogP contribution in [0.4, 0.5) is 0 Å². The monoisotopic (exact) mass is 327 g/mol. The summed E-state index contributed by atoms with van der Waals surface area (Å²) in [6.45, 7) is 0. The van der Waals surface area contributed by atoms with E-state index in [0.717, 1.165) is 11.6 Å². The molecule has 2 aromatic carbocycles. The first kappa shape index (κ1) is 16.1. The van der Waals surface area contributed by atoms with Gasteiger partial charge in [-0.2, -0.15) is 0 Å². The molecule has 0 saturated heterocycles. The Morgan fingerprint density at radius 3 is 2.28 bits per heavy atom. The summed E-state index contributed by atoms with van der Waals surface area (Å²) in [5.74, 6) is 0.877. The lowest BCUT2D eigenvalue weighted by Gasteiger charge is -2.21. The van der Waals surface area contributed by atoms with Crippen molar-refractivity contribution in [1.29, 1.82) is 0 Å². The second-order valence-electron chi connectivity index (χ2n) is 7.21. The Morgan fingerprint density at radius 1 is 0.720 bits per heavy atom. The minimum absolute atomic E-state index is 0.877. The topological polar surface area (TPSA) is 12.9 Å². The molecule has 4 rings (SSSR count). The van der Waals surface area contributed by atoms with Crippen molar-refractivity contribution in [1.82, 2.24) is 4.98 Å². The number of rotatable bonds is 4. The van der Waals surface area contributed by atoms with Gasteiger partial charge in [-0.3, -0.25) is 4.98 Å². The van der Waals surface area contributed by atoms with Crippen molar-refractivity contribution in [2.24, 2.45) is 5.92 Å². The van der Waals surface area contributed by atoms with Crippen LogP contribution in [0.1, 0.15) is 37.7 Å². The van der Waals surface area contributed by atoms with E-state index in [0.29, 0.717) is 0 Å². The summed E-state index contributed by atoms with van der Waals surface area (Å²) in [6.07, 6.45) is 10.3. The van der Waals surface area contributed by atoms with E-state index in [1.807, 2.05) is 12.3 Å². The van der Waals surface area contributed by atoms with Crippen LogP contribution in [0.25, 0.3) is 22.4 Å². The van der Waals surface area contributed by atoms with Crippen LogP contribution < -0.4 is 0 Å². The van der Waals surface area contributed by atoms with Gasteiger partial charge in [0.25, 0.3) is 0 Å². The number of hydrogen-bond donors (Lipinski definition) is 0. The molecule has 0 amide bonds. The van der Waals surface area contributed by atoms with Gasteiger partial charge in [-0.1, -0.05) is 92.8 Å². The average Bonchev–Trinajstić information content (AvgIpc) is 2.70. The third-order valence-corrected chi connectivity index (χ3v) is 5.34. The lowest BCUT2D eigenvalue weighted by Crippen LogP contribution is -2.09. The van der Waals surface area contributed by atoms with Gasteiger partial charge in [-0.25, -0.2) is 0 Å². The van der Waals surface area contributed by atoms with Crippen LogP contribution in [0.5, 0.6) is 0 Å². The van der Waals surface area contributed by atoms with Gasteiger partial charge in [-0.15, -0.1) is 0 Å². The zero-order chi connectivity index (χ0) is 16.9. The summed E-state index contributed by atoms with van der Waals surface area (Å²) in [7, 11) is 0. The van der Waals surface area contributed by atoms with Gasteiger partial charge < -0.3 is 0 Å². The molecule has 0 unspecified atom stereocenters. The molecule has 0 spiro atoms. The zero-order valence-electron chi connectivity index (χ0n) is 14.7. The summed E-state index contributed by atoms with van der Waals surface area (Å²) in [5.41, 5.74) is 6.14. The molecule has 0 atom stereocenters. The van der Waals surface area contributed by atoms with Crippen LogP contribution in [0.2, 0.25) is 0 Å². The maximum Gasteiger partial charge on any atom is 0.0702 e. The highest BCUT2D eigenvalue weighted by atomic mass is 14.7. The number of hydrogen-bond acceptors (Lipinski definition) is 1. The summed E-state index contributed by atoms with van der Waals surface area (Å²) < 4.78 is 0. The minimum atomic E-state index is 0.877. The summed E-state index contributed by atoms with van der Waals surface area (Å²) >= 11 is 0. The number of pyridine rings is 1. The Morgan fingerprint density at radius 2 is 1.52 bits per heavy atom. The van der Waals surface area contributed by atoms with Gasteiger partial charge in [-0.05, 0) is 29.5 Å². The second kappa shape index (κ2) is 7.65. The quantitative estimate of drug-likeness (QED) is 0.530. The molecule has 3 aromatic rings. The highest BCUT2D eigenvalue weighted by Crippen LogP contribution is 2.29. The number of aromatic nitrogens is 1. The first-order valence-electron chi connectivity index (χ1n) is 9.49. The van der Waals surface area contributed by atoms with Crippen molar-refractivity contribution in [2.75, 3.05) is 0 Å². The summed E-state index contributed by atoms with van der Waals surface area (Å²) in [5, 5.41) is 0. The van der Waals surface area contributed by atoms with Crippen molar-refractivity contribution in [3.05, 3.63) is 78.5 Å². The van der Waals surface area contributed by atoms with Crippen molar-refractivity contribution < 1.29 is 0 Å². The molecule has 1 nitrogen and oxygen atoms in total. The standard InChI is InChI=1S/C24H25N/c1-3-8-19(9-4-1)16-20-10-7-13-22(17-20)23-14-15-24(25-18-23)21-11-5-2-6-12-21/h2,5-7,10-15,17-19H,1,3-4,8-9,16H2. The van der Waals surface area contributed by atoms with Crippen LogP contribution in [-0.2, 0) is 6.42 Å². The highest BCUT2D eigenvalue weighted by molar-refractivity contribution is 5.67. The molecule has 0 radical (unpaired) electrons. The van der Waals surface area contributed by atoms with Crippen molar-refractivity contribution in [3.8, 4) is 22.4 Å². The van der Waals surface area contributed by atoms with E-state index >= 15 is 0 Å². The Labute approximate surface area is 150 Å². The van der Waals surface area contributed by atoms with Gasteiger partial charge in [0.15, 0.2) is 0 Å². The average molecular weight is 327 g/mol.